The lowest BCUT2D eigenvalue weighted by molar-refractivity contribution is -0.120. The second-order valence-electron chi connectivity index (χ2n) is 22.7. The second-order valence-corrected chi connectivity index (χ2v) is 27.6. The largest absolute Gasteiger partial charge is 0.395 e. The Kier molecular flexibility index (Phi) is 25.2. The van der Waals surface area contributed by atoms with Crippen LogP contribution < -0.4 is 45.8 Å². The van der Waals surface area contributed by atoms with Crippen LogP contribution in [0.4, 0.5) is 85.2 Å². The number of carbonyl (C=O) groups excluding carboxylic acids is 4. The summed E-state index contributed by atoms with van der Waals surface area (Å²) in [4.78, 5) is 88.5. The first-order valence-electron chi connectivity index (χ1n) is 32.1. The van der Waals surface area contributed by atoms with Gasteiger partial charge in [0.05, 0.1) is 55.3 Å². The van der Waals surface area contributed by atoms with Crippen LogP contribution in [0.2, 0.25) is 0 Å². The molecule has 4 aromatic carbocycles. The number of nitrogens with one attached hydrogen (secondary N) is 4. The molecule has 5 heterocycles. The molecule has 0 saturated carbocycles. The predicted octanol–water partition coefficient (Wildman–Crippen LogP) is 11.3. The number of aliphatic hydroxyl groups excluding tert-OH is 2. The van der Waals surface area contributed by atoms with Crippen LogP contribution in [0, 0.1) is 0 Å². The van der Waals surface area contributed by atoms with Gasteiger partial charge in [0.1, 0.15) is 23.0 Å². The molecule has 0 unspecified atom stereocenters. The molecule has 0 spiro atoms. The van der Waals surface area contributed by atoms with Crippen LogP contribution in [0.25, 0.3) is 12.2 Å². The van der Waals surface area contributed by atoms with Gasteiger partial charge < -0.3 is 56.0 Å². The summed E-state index contributed by atoms with van der Waals surface area (Å²) in [5, 5.41) is 51.8. The fraction of sp³-hybridized carbons (Fsp3) is 0.369. The third-order valence-corrected chi connectivity index (χ3v) is 19.5. The van der Waals surface area contributed by atoms with Crippen molar-refractivity contribution in [1.29, 1.82) is 0 Å². The number of nitrogens with zero attached hydrogens (tertiary/aromatic N) is 14. The number of carbonyl (C=O) groups is 4. The van der Waals surface area contributed by atoms with E-state index < -0.39 is 43.6 Å². The van der Waals surface area contributed by atoms with E-state index in [-0.39, 0.29) is 86.7 Å². The number of azo groups is 2. The number of hydrogen-bond acceptors (Lipinski definition) is 28. The maximum Gasteiger partial charge on any atom is 0.294 e. The topological polar surface area (TPSA) is 396 Å². The zero-order valence-corrected chi connectivity index (χ0v) is 58.7. The van der Waals surface area contributed by atoms with Gasteiger partial charge in [-0.3, -0.25) is 28.3 Å². The first kappa shape index (κ1) is 73.7. The second kappa shape index (κ2) is 33.8. The molecule has 524 valence electrons. The Morgan fingerprint density at radius 2 is 0.889 bits per heavy atom. The van der Waals surface area contributed by atoms with Crippen LogP contribution in [-0.4, -0.2) is 163 Å². The van der Waals surface area contributed by atoms with E-state index in [0.717, 1.165) is 96.8 Å². The standard InChI is InChI=1S/C65H78N18O12S4/c1-7-79(8-2)45-21-27-51(75-77-64-70-57(81-29-13-11-14-30-81)55(96-64)39-49(41(5)86)59(88)66-43-17-23-47(24-18-43)98(90,91)92)53(37-45)68-61-72-62(74-63(73-61)83(33-35-84)34-36-85)69-54-38-46(80(9-3)10-4)22-28-52(54)76-78-65-71-58(82-31-15-12-16-32-82)56(97-65)40-50(42(6)87)60(89)67-44-19-25-48(26-20-44)99(93,94)95/h17-28,37-40,84-85H,7-16,29-36H2,1-6H3,(H,66,88)(H,67,89)(H,90,91,92)(H,93,94,95)(H2,68,69,72,73,74)/b49-39+,50-40?,77-75?,78-76?. The summed E-state index contributed by atoms with van der Waals surface area (Å²) in [6.45, 7) is 15.3. The molecule has 9 rings (SSSR count). The van der Waals surface area contributed by atoms with Gasteiger partial charge in [-0.05, 0) is 177 Å². The highest BCUT2D eigenvalue weighted by atomic mass is 32.2. The molecule has 0 radical (unpaired) electrons. The summed E-state index contributed by atoms with van der Waals surface area (Å²) in [5.74, 6) is -1.52. The molecule has 2 aliphatic heterocycles. The van der Waals surface area contributed by atoms with Crippen LogP contribution >= 0.6 is 22.7 Å². The minimum Gasteiger partial charge on any atom is -0.395 e. The molecular formula is C65H78N18O12S4. The van der Waals surface area contributed by atoms with E-state index in [1.165, 1.54) is 50.3 Å². The van der Waals surface area contributed by atoms with Gasteiger partial charge in [-0.2, -0.15) is 41.8 Å². The molecule has 2 amide bonds. The van der Waals surface area contributed by atoms with Gasteiger partial charge in [0.15, 0.2) is 11.6 Å². The van der Waals surface area contributed by atoms with Crippen LogP contribution in [0.1, 0.15) is 89.8 Å². The van der Waals surface area contributed by atoms with E-state index in [1.807, 2.05) is 52.0 Å². The fourth-order valence-corrected chi connectivity index (χ4v) is 13.6. The quantitative estimate of drug-likeness (QED) is 0.00658. The number of aromatic nitrogens is 5. The lowest BCUT2D eigenvalue weighted by Crippen LogP contribution is -2.31. The molecule has 3 aromatic heterocycles. The fourth-order valence-electron chi connectivity index (χ4n) is 10.9. The van der Waals surface area contributed by atoms with E-state index >= 15 is 0 Å². The van der Waals surface area contributed by atoms with Gasteiger partial charge in [0.25, 0.3) is 32.1 Å². The number of hydrogen-bond donors (Lipinski definition) is 8. The molecule has 2 aliphatic rings. The average molecular weight is 1430 g/mol. The van der Waals surface area contributed by atoms with E-state index in [2.05, 4.69) is 51.1 Å². The number of thiazole rings is 2. The molecule has 2 saturated heterocycles. The number of Topliss-reactive ketones (excluding diaryl/α,β-unsaturated/α-hetero) is 2. The number of ketones is 2. The zero-order chi connectivity index (χ0) is 71.0. The number of aliphatic hydroxyl groups is 2. The number of amides is 2. The highest BCUT2D eigenvalue weighted by Crippen LogP contribution is 2.41. The zero-order valence-electron chi connectivity index (χ0n) is 55.4. The van der Waals surface area contributed by atoms with Gasteiger partial charge in [0, 0.05) is 88.2 Å². The summed E-state index contributed by atoms with van der Waals surface area (Å²) in [6.07, 6.45) is 8.44. The third kappa shape index (κ3) is 19.4. The smallest absolute Gasteiger partial charge is 0.294 e. The van der Waals surface area contributed by atoms with Gasteiger partial charge in [-0.15, -0.1) is 20.5 Å². The molecule has 99 heavy (non-hydrogen) atoms. The SMILES string of the molecule is CCN(CC)c1ccc(N=Nc2nc(N3CCCCC3)c(C=C(C(C)=O)C(=O)Nc3ccc(S(=O)(=O)O)cc3)s2)c(Nc2nc(Nc3cc(N(CC)CC)ccc3N=Nc3nc(N4CCCCC4)c(/C=C(\C(C)=O)C(=O)Nc4ccc(S(=O)(=O)O)cc4)s3)nc(N(CCO)CCO)n2)c1. The molecule has 30 nitrogen and oxygen atoms in total. The maximum absolute atomic E-state index is 13.8. The highest BCUT2D eigenvalue weighted by Gasteiger charge is 2.27. The molecular weight excluding hydrogens is 1350 g/mol. The van der Waals surface area contributed by atoms with Crippen molar-refractivity contribution in [3.05, 3.63) is 106 Å². The molecule has 2 fully saturated rings. The number of anilines is 11. The molecule has 0 aliphatic carbocycles. The van der Waals surface area contributed by atoms with Crippen molar-refractivity contribution < 1.29 is 55.3 Å². The van der Waals surface area contributed by atoms with Crippen molar-refractivity contribution >= 4 is 164 Å². The van der Waals surface area contributed by atoms with Crippen molar-refractivity contribution in [1.82, 2.24) is 24.9 Å². The lowest BCUT2D eigenvalue weighted by Gasteiger charge is -2.27. The lowest BCUT2D eigenvalue weighted by atomic mass is 10.1. The van der Waals surface area contributed by atoms with E-state index in [0.29, 0.717) is 96.5 Å². The highest BCUT2D eigenvalue weighted by molar-refractivity contribution is 7.86. The van der Waals surface area contributed by atoms with E-state index in [9.17, 15) is 55.3 Å². The minimum absolute atomic E-state index is 0.0142. The van der Waals surface area contributed by atoms with Gasteiger partial charge in [-0.25, -0.2) is 0 Å². The van der Waals surface area contributed by atoms with Crippen molar-refractivity contribution in [2.24, 2.45) is 20.5 Å². The van der Waals surface area contributed by atoms with Crippen molar-refractivity contribution in [2.45, 2.75) is 89.9 Å². The van der Waals surface area contributed by atoms with E-state index in [4.69, 9.17) is 35.1 Å². The minimum atomic E-state index is -4.49. The van der Waals surface area contributed by atoms with Gasteiger partial charge in [-0.1, -0.05) is 22.7 Å². The first-order valence-corrected chi connectivity index (χ1v) is 36.6. The Labute approximate surface area is 581 Å². The van der Waals surface area contributed by atoms with E-state index in [1.54, 1.807) is 17.0 Å². The van der Waals surface area contributed by atoms with Crippen molar-refractivity contribution in [3.63, 3.8) is 0 Å². The van der Waals surface area contributed by atoms with Crippen LogP contribution in [-0.2, 0) is 39.4 Å². The van der Waals surface area contributed by atoms with Crippen LogP contribution in [0.15, 0.2) is 126 Å². The molecule has 0 atom stereocenters. The Balaban J connectivity index is 1.08. The Morgan fingerprint density at radius 1 is 0.515 bits per heavy atom. The summed E-state index contributed by atoms with van der Waals surface area (Å²) < 4.78 is 65.7. The maximum atomic E-state index is 13.8. The third-order valence-electron chi connectivity index (χ3n) is 16.0. The summed E-state index contributed by atoms with van der Waals surface area (Å²) in [5.41, 5.74) is 3.04. The van der Waals surface area contributed by atoms with Crippen molar-refractivity contribution in [2.75, 3.05) is 124 Å². The predicted molar refractivity (Wildman–Crippen MR) is 385 cm³/mol. The van der Waals surface area contributed by atoms with Gasteiger partial charge in [0.2, 0.25) is 28.1 Å². The summed E-state index contributed by atoms with van der Waals surface area (Å²) >= 11 is 2.22. The molecule has 34 heteroatoms. The Bertz CT molecular complexity index is 4140. The monoisotopic (exact) mass is 1430 g/mol. The molecule has 0 bridgehead atoms. The number of benzene rings is 4. The molecule has 8 N–H and O–H groups in total. The van der Waals surface area contributed by atoms with Crippen LogP contribution in [0.3, 0.4) is 0 Å². The van der Waals surface area contributed by atoms with Gasteiger partial charge >= 0.3 is 0 Å². The van der Waals surface area contributed by atoms with Crippen LogP contribution in [0.5, 0.6) is 0 Å². The Morgan fingerprint density at radius 3 is 1.22 bits per heavy atom. The number of rotatable bonds is 31. The normalized spacial score (nSPS) is 14.0. The number of piperidine rings is 2. The molecule has 7 aromatic rings. The summed E-state index contributed by atoms with van der Waals surface area (Å²) in [7, 11) is -8.99. The Hall–Kier alpha value is -9.55. The first-order chi connectivity index (χ1) is 47.5. The van der Waals surface area contributed by atoms with Crippen molar-refractivity contribution in [3.8, 4) is 0 Å². The average Bonchev–Trinajstić information content (AvgIpc) is 1.74. The summed E-state index contributed by atoms with van der Waals surface area (Å²) in [6, 6.07) is 20.7.